The van der Waals surface area contributed by atoms with Crippen molar-refractivity contribution in [1.29, 1.82) is 0 Å². The van der Waals surface area contributed by atoms with E-state index in [1.165, 1.54) is 0 Å². The molecular formula is C10H13F3N2O4. The molecule has 0 spiro atoms. The SMILES string of the molecule is O=CN[C@H]1CCCCN(C(=O)OCC(F)(F)F)C1=O. The molecule has 0 unspecified atom stereocenters. The molecule has 1 N–H and O–H groups in total. The molecule has 19 heavy (non-hydrogen) atoms. The Morgan fingerprint density at radius 3 is 2.74 bits per heavy atom. The van der Waals surface area contributed by atoms with Crippen molar-refractivity contribution in [2.45, 2.75) is 31.5 Å². The molecule has 1 aliphatic rings. The highest BCUT2D eigenvalue weighted by atomic mass is 19.4. The highest BCUT2D eigenvalue weighted by Crippen LogP contribution is 2.17. The van der Waals surface area contributed by atoms with Gasteiger partial charge in [-0.15, -0.1) is 0 Å². The van der Waals surface area contributed by atoms with E-state index < -0.39 is 30.8 Å². The molecule has 6 nitrogen and oxygen atoms in total. The molecule has 1 heterocycles. The number of alkyl halides is 3. The summed E-state index contributed by atoms with van der Waals surface area (Å²) in [5, 5.41) is 2.23. The average molecular weight is 282 g/mol. The van der Waals surface area contributed by atoms with E-state index in [1.807, 2.05) is 0 Å². The van der Waals surface area contributed by atoms with Gasteiger partial charge in [0.1, 0.15) is 6.04 Å². The maximum atomic E-state index is 11.9. The van der Waals surface area contributed by atoms with Crippen molar-refractivity contribution in [2.24, 2.45) is 0 Å². The largest absolute Gasteiger partial charge is 0.439 e. The van der Waals surface area contributed by atoms with Crippen LogP contribution in [0.25, 0.3) is 0 Å². The van der Waals surface area contributed by atoms with Crippen molar-refractivity contribution in [3.8, 4) is 0 Å². The summed E-state index contributed by atoms with van der Waals surface area (Å²) in [7, 11) is 0. The Bertz CT molecular complexity index is 359. The monoisotopic (exact) mass is 282 g/mol. The van der Waals surface area contributed by atoms with Gasteiger partial charge in [-0.05, 0) is 19.3 Å². The Kier molecular flexibility index (Phi) is 5.13. The van der Waals surface area contributed by atoms with Crippen molar-refractivity contribution in [3.63, 3.8) is 0 Å². The molecule has 1 saturated heterocycles. The summed E-state index contributed by atoms with van der Waals surface area (Å²) in [6.45, 7) is -1.77. The highest BCUT2D eigenvalue weighted by Gasteiger charge is 2.35. The van der Waals surface area contributed by atoms with Gasteiger partial charge in [-0.3, -0.25) is 9.59 Å². The van der Waals surface area contributed by atoms with Crippen LogP contribution in [0, 0.1) is 0 Å². The molecule has 0 aliphatic carbocycles. The predicted octanol–water partition coefficient (Wildman–Crippen LogP) is 0.812. The van der Waals surface area contributed by atoms with Gasteiger partial charge >= 0.3 is 12.3 Å². The molecule has 1 aliphatic heterocycles. The van der Waals surface area contributed by atoms with E-state index in [4.69, 9.17) is 0 Å². The lowest BCUT2D eigenvalue weighted by Gasteiger charge is -2.21. The number of rotatable bonds is 3. The topological polar surface area (TPSA) is 75.7 Å². The van der Waals surface area contributed by atoms with E-state index in [0.717, 1.165) is 0 Å². The van der Waals surface area contributed by atoms with E-state index >= 15 is 0 Å². The van der Waals surface area contributed by atoms with Crippen molar-refractivity contribution < 1.29 is 32.3 Å². The van der Waals surface area contributed by atoms with Gasteiger partial charge in [0, 0.05) is 6.54 Å². The van der Waals surface area contributed by atoms with Crippen molar-refractivity contribution in [3.05, 3.63) is 0 Å². The van der Waals surface area contributed by atoms with Gasteiger partial charge in [0.15, 0.2) is 6.61 Å². The standard InChI is InChI=1S/C10H13F3N2O4/c11-10(12,13)5-19-9(18)15-4-2-1-3-7(8(15)17)14-6-16/h6-7H,1-5H2,(H,14,16)/t7-/m0/s1. The third-order valence-corrected chi connectivity index (χ3v) is 2.54. The normalized spacial score (nSPS) is 20.7. The lowest BCUT2D eigenvalue weighted by atomic mass is 10.1. The number of imide groups is 1. The Morgan fingerprint density at radius 1 is 1.47 bits per heavy atom. The summed E-state index contributed by atoms with van der Waals surface area (Å²) in [4.78, 5) is 34.2. The van der Waals surface area contributed by atoms with Gasteiger partial charge in [-0.1, -0.05) is 0 Å². The number of amides is 3. The molecule has 1 rings (SSSR count). The van der Waals surface area contributed by atoms with Crippen LogP contribution < -0.4 is 5.32 Å². The summed E-state index contributed by atoms with van der Waals surface area (Å²) in [5.74, 6) is -0.753. The van der Waals surface area contributed by atoms with Crippen LogP contribution in [0.15, 0.2) is 0 Å². The van der Waals surface area contributed by atoms with Crippen molar-refractivity contribution in [2.75, 3.05) is 13.2 Å². The Labute approximate surface area is 106 Å². The van der Waals surface area contributed by atoms with E-state index in [-0.39, 0.29) is 6.54 Å². The smallest absolute Gasteiger partial charge is 0.422 e. The zero-order chi connectivity index (χ0) is 14.5. The minimum Gasteiger partial charge on any atom is -0.439 e. The Morgan fingerprint density at radius 2 is 2.16 bits per heavy atom. The van der Waals surface area contributed by atoms with Crippen LogP contribution in [0.1, 0.15) is 19.3 Å². The second-order valence-electron chi connectivity index (χ2n) is 3.99. The van der Waals surface area contributed by atoms with Crippen LogP contribution >= 0.6 is 0 Å². The van der Waals surface area contributed by atoms with Crippen molar-refractivity contribution in [1.82, 2.24) is 10.2 Å². The number of hydrogen-bond donors (Lipinski definition) is 1. The Hall–Kier alpha value is -1.80. The summed E-state index contributed by atoms with van der Waals surface area (Å²) in [6, 6.07) is -0.904. The van der Waals surface area contributed by atoms with Crippen LogP contribution in [0.2, 0.25) is 0 Å². The van der Waals surface area contributed by atoms with Gasteiger partial charge in [0.2, 0.25) is 6.41 Å². The molecule has 1 fully saturated rings. The first-order valence-corrected chi connectivity index (χ1v) is 5.59. The number of nitrogens with one attached hydrogen (secondary N) is 1. The van der Waals surface area contributed by atoms with E-state index in [1.54, 1.807) is 0 Å². The van der Waals surface area contributed by atoms with Crippen LogP contribution in [0.3, 0.4) is 0 Å². The maximum Gasteiger partial charge on any atom is 0.422 e. The minimum atomic E-state index is -4.65. The third-order valence-electron chi connectivity index (χ3n) is 2.54. The molecule has 0 bridgehead atoms. The zero-order valence-corrected chi connectivity index (χ0v) is 9.90. The number of nitrogens with zero attached hydrogens (tertiary/aromatic N) is 1. The number of halogens is 3. The average Bonchev–Trinajstić information content (AvgIpc) is 2.49. The molecule has 0 aromatic heterocycles. The number of ether oxygens (including phenoxy) is 1. The first-order valence-electron chi connectivity index (χ1n) is 5.59. The summed E-state index contributed by atoms with van der Waals surface area (Å²) in [6.07, 6.45) is -4.33. The van der Waals surface area contributed by atoms with Gasteiger partial charge in [0.05, 0.1) is 0 Å². The number of likely N-dealkylation sites (tertiary alicyclic amines) is 1. The summed E-state index contributed by atoms with van der Waals surface area (Å²) < 4.78 is 39.8. The number of carbonyl (C=O) groups is 3. The quantitative estimate of drug-likeness (QED) is 0.777. The van der Waals surface area contributed by atoms with Gasteiger partial charge < -0.3 is 10.1 Å². The third kappa shape index (κ3) is 4.76. The lowest BCUT2D eigenvalue weighted by Crippen LogP contribution is -2.48. The van der Waals surface area contributed by atoms with Gasteiger partial charge in [0.25, 0.3) is 5.91 Å². The van der Waals surface area contributed by atoms with Crippen LogP contribution in [0.4, 0.5) is 18.0 Å². The fourth-order valence-electron chi connectivity index (χ4n) is 1.68. The highest BCUT2D eigenvalue weighted by molar-refractivity contribution is 5.95. The van der Waals surface area contributed by atoms with Crippen LogP contribution in [-0.2, 0) is 14.3 Å². The molecule has 0 saturated carbocycles. The fourth-order valence-corrected chi connectivity index (χ4v) is 1.68. The van der Waals surface area contributed by atoms with E-state index in [0.29, 0.717) is 30.6 Å². The van der Waals surface area contributed by atoms with E-state index in [9.17, 15) is 27.6 Å². The minimum absolute atomic E-state index is 0.0213. The molecule has 1 atom stereocenters. The van der Waals surface area contributed by atoms with Gasteiger partial charge in [-0.2, -0.15) is 13.2 Å². The van der Waals surface area contributed by atoms with Crippen molar-refractivity contribution >= 4 is 18.4 Å². The second-order valence-corrected chi connectivity index (χ2v) is 3.99. The van der Waals surface area contributed by atoms with Crippen LogP contribution in [-0.4, -0.2) is 48.7 Å². The van der Waals surface area contributed by atoms with Gasteiger partial charge in [-0.25, -0.2) is 9.69 Å². The molecule has 0 aromatic rings. The number of hydrogen-bond acceptors (Lipinski definition) is 4. The Balaban J connectivity index is 2.65. The van der Waals surface area contributed by atoms with E-state index in [2.05, 4.69) is 10.1 Å². The number of carbonyl (C=O) groups excluding carboxylic acids is 3. The molecule has 0 aromatic carbocycles. The zero-order valence-electron chi connectivity index (χ0n) is 9.90. The summed E-state index contributed by atoms with van der Waals surface area (Å²) in [5.41, 5.74) is 0. The predicted molar refractivity (Wildman–Crippen MR) is 56.0 cm³/mol. The maximum absolute atomic E-state index is 11.9. The first-order chi connectivity index (χ1) is 8.85. The summed E-state index contributed by atoms with van der Waals surface area (Å²) >= 11 is 0. The molecule has 9 heteroatoms. The van der Waals surface area contributed by atoms with Crippen LogP contribution in [0.5, 0.6) is 0 Å². The fraction of sp³-hybridized carbons (Fsp3) is 0.700. The second kappa shape index (κ2) is 6.39. The molecular weight excluding hydrogens is 269 g/mol. The molecule has 3 amide bonds. The lowest BCUT2D eigenvalue weighted by molar-refractivity contribution is -0.164. The first kappa shape index (κ1) is 15.3. The molecule has 108 valence electrons. The molecule has 0 radical (unpaired) electrons.